The summed E-state index contributed by atoms with van der Waals surface area (Å²) in [5.41, 5.74) is 0.765. The Kier molecular flexibility index (Phi) is 3.78. The van der Waals surface area contributed by atoms with Crippen molar-refractivity contribution >= 4 is 5.69 Å². The highest BCUT2D eigenvalue weighted by Crippen LogP contribution is 2.23. The van der Waals surface area contributed by atoms with E-state index in [1.54, 1.807) is 17.8 Å². The van der Waals surface area contributed by atoms with Gasteiger partial charge in [0.15, 0.2) is 11.6 Å². The molecule has 102 valence electrons. The number of hydrogen-bond donors (Lipinski definition) is 1. The van der Waals surface area contributed by atoms with Crippen LogP contribution in [0.15, 0.2) is 24.5 Å². The Morgan fingerprint density at radius 2 is 1.89 bits per heavy atom. The van der Waals surface area contributed by atoms with Crippen LogP contribution in [0.3, 0.4) is 0 Å². The first-order chi connectivity index (χ1) is 9.01. The molecule has 0 bridgehead atoms. The lowest BCUT2D eigenvalue weighted by Gasteiger charge is -2.14. The van der Waals surface area contributed by atoms with Gasteiger partial charge in [-0.25, -0.2) is 13.2 Å². The van der Waals surface area contributed by atoms with Gasteiger partial charge in [-0.15, -0.1) is 0 Å². The maximum Gasteiger partial charge on any atom is 0.161 e. The maximum absolute atomic E-state index is 13.5. The van der Waals surface area contributed by atoms with Gasteiger partial charge < -0.3 is 5.32 Å². The molecule has 0 aliphatic carbocycles. The summed E-state index contributed by atoms with van der Waals surface area (Å²) < 4.78 is 41.1. The van der Waals surface area contributed by atoms with E-state index in [0.717, 1.165) is 18.2 Å². The molecular weight excluding hydrogens is 255 g/mol. The predicted octanol–water partition coefficient (Wildman–Crippen LogP) is 3.49. The SMILES string of the molecule is CCn1cc(C(C)Nc2cc(F)c(F)cc2F)cn1. The number of rotatable bonds is 4. The van der Waals surface area contributed by atoms with E-state index >= 15 is 0 Å². The first-order valence-corrected chi connectivity index (χ1v) is 5.94. The van der Waals surface area contributed by atoms with E-state index in [0.29, 0.717) is 6.07 Å². The zero-order valence-corrected chi connectivity index (χ0v) is 10.6. The molecule has 0 saturated carbocycles. The molecule has 0 aliphatic heterocycles. The molecular formula is C13H14F3N3. The van der Waals surface area contributed by atoms with Gasteiger partial charge in [0.25, 0.3) is 0 Å². The van der Waals surface area contributed by atoms with Gasteiger partial charge in [-0.2, -0.15) is 5.10 Å². The Balaban J connectivity index is 2.18. The standard InChI is InChI=1S/C13H14F3N3/c1-3-19-7-9(6-17-19)8(2)18-13-5-11(15)10(14)4-12(13)16/h4-8,18H,3H2,1-2H3. The van der Waals surface area contributed by atoms with Gasteiger partial charge in [-0.3, -0.25) is 4.68 Å². The maximum atomic E-state index is 13.5. The van der Waals surface area contributed by atoms with E-state index in [9.17, 15) is 13.2 Å². The van der Waals surface area contributed by atoms with Crippen LogP contribution in [0.1, 0.15) is 25.5 Å². The largest absolute Gasteiger partial charge is 0.376 e. The van der Waals surface area contributed by atoms with Gasteiger partial charge in [0, 0.05) is 30.4 Å². The van der Waals surface area contributed by atoms with Crippen molar-refractivity contribution in [3.8, 4) is 0 Å². The first-order valence-electron chi connectivity index (χ1n) is 5.94. The van der Waals surface area contributed by atoms with E-state index in [1.165, 1.54) is 0 Å². The van der Waals surface area contributed by atoms with Crippen molar-refractivity contribution in [2.75, 3.05) is 5.32 Å². The van der Waals surface area contributed by atoms with Gasteiger partial charge >= 0.3 is 0 Å². The van der Waals surface area contributed by atoms with E-state index in [1.807, 2.05) is 13.1 Å². The van der Waals surface area contributed by atoms with Crippen LogP contribution in [0, 0.1) is 17.5 Å². The average Bonchev–Trinajstić information content (AvgIpc) is 2.84. The summed E-state index contributed by atoms with van der Waals surface area (Å²) in [5.74, 6) is -3.11. The molecule has 1 atom stereocenters. The number of nitrogens with zero attached hydrogens (tertiary/aromatic N) is 2. The minimum absolute atomic E-state index is 0.0735. The van der Waals surface area contributed by atoms with E-state index < -0.39 is 17.5 Å². The van der Waals surface area contributed by atoms with Crippen molar-refractivity contribution < 1.29 is 13.2 Å². The van der Waals surface area contributed by atoms with Crippen molar-refractivity contribution in [3.05, 3.63) is 47.5 Å². The number of hydrogen-bond acceptors (Lipinski definition) is 2. The van der Waals surface area contributed by atoms with E-state index in [4.69, 9.17) is 0 Å². The van der Waals surface area contributed by atoms with Crippen molar-refractivity contribution in [2.45, 2.75) is 26.4 Å². The number of anilines is 1. The number of nitrogens with one attached hydrogen (secondary N) is 1. The summed E-state index contributed by atoms with van der Waals surface area (Å²) in [4.78, 5) is 0. The number of aromatic nitrogens is 2. The van der Waals surface area contributed by atoms with Crippen molar-refractivity contribution in [2.24, 2.45) is 0 Å². The van der Waals surface area contributed by atoms with Crippen molar-refractivity contribution in [1.82, 2.24) is 9.78 Å². The summed E-state index contributed by atoms with van der Waals surface area (Å²) in [6.45, 7) is 4.47. The van der Waals surface area contributed by atoms with Gasteiger partial charge in [-0.05, 0) is 13.8 Å². The average molecular weight is 269 g/mol. The molecule has 0 saturated heterocycles. The fourth-order valence-corrected chi connectivity index (χ4v) is 1.73. The van der Waals surface area contributed by atoms with E-state index in [2.05, 4.69) is 10.4 Å². The molecule has 2 aromatic rings. The zero-order valence-electron chi connectivity index (χ0n) is 10.6. The molecule has 6 heteroatoms. The topological polar surface area (TPSA) is 29.9 Å². The Morgan fingerprint density at radius 3 is 2.53 bits per heavy atom. The smallest absolute Gasteiger partial charge is 0.161 e. The second kappa shape index (κ2) is 5.34. The highest BCUT2D eigenvalue weighted by molar-refractivity contribution is 5.47. The molecule has 1 N–H and O–H groups in total. The molecule has 0 aliphatic rings. The van der Waals surface area contributed by atoms with Crippen LogP contribution in [-0.4, -0.2) is 9.78 Å². The summed E-state index contributed by atoms with van der Waals surface area (Å²) in [5, 5.41) is 6.90. The quantitative estimate of drug-likeness (QED) is 0.861. The zero-order chi connectivity index (χ0) is 14.0. The van der Waals surface area contributed by atoms with Gasteiger partial charge in [0.05, 0.1) is 17.9 Å². The Hall–Kier alpha value is -1.98. The molecule has 19 heavy (non-hydrogen) atoms. The minimum Gasteiger partial charge on any atom is -0.376 e. The second-order valence-corrected chi connectivity index (χ2v) is 4.24. The number of aryl methyl sites for hydroxylation is 1. The van der Waals surface area contributed by atoms with Gasteiger partial charge in [0.2, 0.25) is 0 Å². The highest BCUT2D eigenvalue weighted by Gasteiger charge is 2.13. The molecule has 1 heterocycles. The van der Waals surface area contributed by atoms with Crippen LogP contribution in [-0.2, 0) is 6.54 Å². The molecule has 2 rings (SSSR count). The summed E-state index contributed by atoms with van der Waals surface area (Å²) in [7, 11) is 0. The monoisotopic (exact) mass is 269 g/mol. The predicted molar refractivity (Wildman–Crippen MR) is 66.3 cm³/mol. The minimum atomic E-state index is -1.20. The van der Waals surface area contributed by atoms with Crippen LogP contribution < -0.4 is 5.32 Å². The van der Waals surface area contributed by atoms with Crippen LogP contribution in [0.4, 0.5) is 18.9 Å². The Morgan fingerprint density at radius 1 is 1.21 bits per heavy atom. The molecule has 3 nitrogen and oxygen atoms in total. The van der Waals surface area contributed by atoms with E-state index in [-0.39, 0.29) is 11.7 Å². The third kappa shape index (κ3) is 2.89. The molecule has 0 amide bonds. The van der Waals surface area contributed by atoms with Gasteiger partial charge in [-0.1, -0.05) is 0 Å². The number of halogens is 3. The van der Waals surface area contributed by atoms with Crippen LogP contribution in [0.2, 0.25) is 0 Å². The Labute approximate surface area is 109 Å². The molecule has 1 unspecified atom stereocenters. The summed E-state index contributed by atoms with van der Waals surface area (Å²) >= 11 is 0. The molecule has 1 aromatic carbocycles. The molecule has 1 aromatic heterocycles. The lowest BCUT2D eigenvalue weighted by molar-refractivity contribution is 0.495. The molecule has 0 spiro atoms. The normalized spacial score (nSPS) is 12.5. The van der Waals surface area contributed by atoms with Crippen molar-refractivity contribution in [3.63, 3.8) is 0 Å². The first kappa shape index (κ1) is 13.5. The van der Waals surface area contributed by atoms with Crippen molar-refractivity contribution in [1.29, 1.82) is 0 Å². The van der Waals surface area contributed by atoms with Crippen LogP contribution >= 0.6 is 0 Å². The lowest BCUT2D eigenvalue weighted by atomic mass is 10.1. The summed E-state index contributed by atoms with van der Waals surface area (Å²) in [6.07, 6.45) is 3.47. The highest BCUT2D eigenvalue weighted by atomic mass is 19.2. The lowest BCUT2D eigenvalue weighted by Crippen LogP contribution is -2.08. The third-order valence-electron chi connectivity index (χ3n) is 2.86. The third-order valence-corrected chi connectivity index (χ3v) is 2.86. The summed E-state index contributed by atoms with van der Waals surface area (Å²) in [6, 6.07) is 1.07. The molecule has 0 fully saturated rings. The fourth-order valence-electron chi connectivity index (χ4n) is 1.73. The molecule has 0 radical (unpaired) electrons. The van der Waals surface area contributed by atoms with Gasteiger partial charge in [0.1, 0.15) is 5.82 Å². The van der Waals surface area contributed by atoms with Crippen LogP contribution in [0.5, 0.6) is 0 Å². The second-order valence-electron chi connectivity index (χ2n) is 4.24. The number of benzene rings is 1. The Bertz CT molecular complexity index is 581. The fraction of sp³-hybridized carbons (Fsp3) is 0.308. The van der Waals surface area contributed by atoms with Crippen LogP contribution in [0.25, 0.3) is 0 Å².